The number of amides is 1. The highest BCUT2D eigenvalue weighted by Crippen LogP contribution is 2.17. The van der Waals surface area contributed by atoms with Gasteiger partial charge in [0.25, 0.3) is 0 Å². The topological polar surface area (TPSA) is 71.8 Å². The Balaban J connectivity index is 1.98. The zero-order chi connectivity index (χ0) is 13.7. The van der Waals surface area contributed by atoms with Crippen molar-refractivity contribution in [1.29, 1.82) is 0 Å². The van der Waals surface area contributed by atoms with E-state index in [9.17, 15) is 4.79 Å². The van der Waals surface area contributed by atoms with Crippen molar-refractivity contribution in [3.63, 3.8) is 0 Å². The molecular formula is C13H17N5O. The number of rotatable bonds is 5. The molecule has 0 aromatic carbocycles. The second-order valence-electron chi connectivity index (χ2n) is 4.25. The maximum atomic E-state index is 11.2. The number of hydrogen-bond donors (Lipinski definition) is 2. The maximum Gasteiger partial charge on any atom is 0.241 e. The zero-order valence-corrected chi connectivity index (χ0v) is 11.0. The minimum atomic E-state index is -0.0741. The summed E-state index contributed by atoms with van der Waals surface area (Å²) in [5, 5.41) is 10.0. The lowest BCUT2D eigenvalue weighted by Crippen LogP contribution is -2.23. The quantitative estimate of drug-likeness (QED) is 0.846. The highest BCUT2D eigenvalue weighted by molar-refractivity contribution is 5.75. The lowest BCUT2D eigenvalue weighted by atomic mass is 10.1. The molecule has 19 heavy (non-hydrogen) atoms. The first-order valence-corrected chi connectivity index (χ1v) is 6.08. The van der Waals surface area contributed by atoms with E-state index in [2.05, 4.69) is 20.7 Å². The monoisotopic (exact) mass is 259 g/mol. The second kappa shape index (κ2) is 5.99. The summed E-state index contributed by atoms with van der Waals surface area (Å²) in [6, 6.07) is 4.05. The molecule has 1 atom stereocenters. The molecular weight excluding hydrogens is 242 g/mol. The standard InChI is InChI=1S/C13H17N5O/c1-10(11-4-3-5-15-6-11)17-12-7-16-18(8-12)9-13(19)14-2/h3-8,10,17H,9H2,1-2H3,(H,14,19). The third-order valence-electron chi connectivity index (χ3n) is 2.79. The molecule has 1 unspecified atom stereocenters. The Morgan fingerprint density at radius 3 is 3.00 bits per heavy atom. The van der Waals surface area contributed by atoms with E-state index in [1.54, 1.807) is 24.1 Å². The van der Waals surface area contributed by atoms with E-state index in [0.29, 0.717) is 0 Å². The van der Waals surface area contributed by atoms with Crippen LogP contribution in [0.5, 0.6) is 0 Å². The van der Waals surface area contributed by atoms with Crippen molar-refractivity contribution < 1.29 is 4.79 Å². The maximum absolute atomic E-state index is 11.2. The summed E-state index contributed by atoms with van der Waals surface area (Å²) in [7, 11) is 1.61. The third-order valence-corrected chi connectivity index (χ3v) is 2.79. The SMILES string of the molecule is CNC(=O)Cn1cc(NC(C)c2cccnc2)cn1. The van der Waals surface area contributed by atoms with Gasteiger partial charge in [0, 0.05) is 25.6 Å². The summed E-state index contributed by atoms with van der Waals surface area (Å²) in [5.74, 6) is -0.0741. The Morgan fingerprint density at radius 1 is 1.47 bits per heavy atom. The third kappa shape index (κ3) is 3.54. The first-order valence-electron chi connectivity index (χ1n) is 6.08. The predicted molar refractivity (Wildman–Crippen MR) is 72.6 cm³/mol. The molecule has 2 aromatic rings. The van der Waals surface area contributed by atoms with E-state index in [1.165, 1.54) is 0 Å². The minimum Gasteiger partial charge on any atom is -0.376 e. The Labute approximate surface area is 111 Å². The van der Waals surface area contributed by atoms with Crippen LogP contribution in [0.4, 0.5) is 5.69 Å². The molecule has 2 rings (SSSR count). The first kappa shape index (κ1) is 13.1. The van der Waals surface area contributed by atoms with Crippen molar-refractivity contribution in [3.8, 4) is 0 Å². The number of nitrogens with one attached hydrogen (secondary N) is 2. The summed E-state index contributed by atoms with van der Waals surface area (Å²) in [5.41, 5.74) is 1.97. The van der Waals surface area contributed by atoms with Gasteiger partial charge in [-0.3, -0.25) is 14.5 Å². The molecule has 0 saturated heterocycles. The number of anilines is 1. The zero-order valence-electron chi connectivity index (χ0n) is 11.0. The Morgan fingerprint density at radius 2 is 2.32 bits per heavy atom. The number of likely N-dealkylation sites (N-methyl/N-ethyl adjacent to an activating group) is 1. The Kier molecular flexibility index (Phi) is 4.12. The summed E-state index contributed by atoms with van der Waals surface area (Å²) in [4.78, 5) is 15.3. The second-order valence-corrected chi connectivity index (χ2v) is 4.25. The number of pyridine rings is 1. The molecule has 2 N–H and O–H groups in total. The van der Waals surface area contributed by atoms with Crippen LogP contribution in [0.3, 0.4) is 0 Å². The first-order chi connectivity index (χ1) is 9.19. The van der Waals surface area contributed by atoms with E-state index in [-0.39, 0.29) is 18.5 Å². The fourth-order valence-electron chi connectivity index (χ4n) is 1.72. The normalized spacial score (nSPS) is 11.9. The van der Waals surface area contributed by atoms with Crippen LogP contribution in [0.25, 0.3) is 0 Å². The van der Waals surface area contributed by atoms with Crippen LogP contribution in [0.15, 0.2) is 36.9 Å². The van der Waals surface area contributed by atoms with E-state index in [0.717, 1.165) is 11.3 Å². The van der Waals surface area contributed by atoms with Crippen LogP contribution in [-0.4, -0.2) is 27.7 Å². The minimum absolute atomic E-state index is 0.0741. The van der Waals surface area contributed by atoms with Crippen LogP contribution in [-0.2, 0) is 11.3 Å². The van der Waals surface area contributed by atoms with Crippen LogP contribution < -0.4 is 10.6 Å². The van der Waals surface area contributed by atoms with Crippen molar-refractivity contribution in [2.75, 3.05) is 12.4 Å². The molecule has 6 nitrogen and oxygen atoms in total. The Bertz CT molecular complexity index is 537. The molecule has 2 heterocycles. The van der Waals surface area contributed by atoms with Crippen LogP contribution in [0, 0.1) is 0 Å². The van der Waals surface area contributed by atoms with Gasteiger partial charge < -0.3 is 10.6 Å². The summed E-state index contributed by atoms with van der Waals surface area (Å²) >= 11 is 0. The van der Waals surface area contributed by atoms with E-state index < -0.39 is 0 Å². The molecule has 0 saturated carbocycles. The molecule has 0 bridgehead atoms. The molecule has 0 aliphatic heterocycles. The molecule has 0 aliphatic carbocycles. The van der Waals surface area contributed by atoms with Gasteiger partial charge in [0.2, 0.25) is 5.91 Å². The molecule has 2 aromatic heterocycles. The van der Waals surface area contributed by atoms with Gasteiger partial charge in [-0.15, -0.1) is 0 Å². The summed E-state index contributed by atoms with van der Waals surface area (Å²) < 4.78 is 1.59. The van der Waals surface area contributed by atoms with Gasteiger partial charge in [-0.1, -0.05) is 6.07 Å². The Hall–Kier alpha value is -2.37. The van der Waals surface area contributed by atoms with Gasteiger partial charge in [0.1, 0.15) is 6.54 Å². The number of carbonyl (C=O) groups is 1. The number of aromatic nitrogens is 3. The van der Waals surface area contributed by atoms with Gasteiger partial charge in [0.15, 0.2) is 0 Å². The van der Waals surface area contributed by atoms with Gasteiger partial charge in [0.05, 0.1) is 17.9 Å². The molecule has 0 aliphatic rings. The smallest absolute Gasteiger partial charge is 0.241 e. The molecule has 100 valence electrons. The lowest BCUT2D eigenvalue weighted by Gasteiger charge is -2.13. The van der Waals surface area contributed by atoms with Crippen LogP contribution in [0.2, 0.25) is 0 Å². The summed E-state index contributed by atoms with van der Waals surface area (Å²) in [6.07, 6.45) is 7.09. The van der Waals surface area contributed by atoms with Crippen LogP contribution in [0.1, 0.15) is 18.5 Å². The van der Waals surface area contributed by atoms with Gasteiger partial charge in [-0.2, -0.15) is 5.10 Å². The van der Waals surface area contributed by atoms with Crippen molar-refractivity contribution >= 4 is 11.6 Å². The van der Waals surface area contributed by atoms with Gasteiger partial charge in [-0.25, -0.2) is 0 Å². The van der Waals surface area contributed by atoms with E-state index in [4.69, 9.17) is 0 Å². The largest absolute Gasteiger partial charge is 0.376 e. The fourth-order valence-corrected chi connectivity index (χ4v) is 1.72. The molecule has 0 fully saturated rings. The van der Waals surface area contributed by atoms with Gasteiger partial charge >= 0.3 is 0 Å². The van der Waals surface area contributed by atoms with E-state index in [1.807, 2.05) is 31.5 Å². The van der Waals surface area contributed by atoms with Crippen LogP contribution >= 0.6 is 0 Å². The predicted octanol–water partition coefficient (Wildman–Crippen LogP) is 1.20. The average molecular weight is 259 g/mol. The average Bonchev–Trinajstić information content (AvgIpc) is 2.86. The highest BCUT2D eigenvalue weighted by atomic mass is 16.1. The number of nitrogens with zero attached hydrogens (tertiary/aromatic N) is 3. The number of carbonyl (C=O) groups excluding carboxylic acids is 1. The van der Waals surface area contributed by atoms with E-state index >= 15 is 0 Å². The van der Waals surface area contributed by atoms with Crippen molar-refractivity contribution in [1.82, 2.24) is 20.1 Å². The van der Waals surface area contributed by atoms with Gasteiger partial charge in [-0.05, 0) is 18.6 Å². The van der Waals surface area contributed by atoms with Crippen molar-refractivity contribution in [3.05, 3.63) is 42.5 Å². The highest BCUT2D eigenvalue weighted by Gasteiger charge is 2.07. The number of hydrogen-bond acceptors (Lipinski definition) is 4. The molecule has 6 heteroatoms. The molecule has 0 spiro atoms. The summed E-state index contributed by atoms with van der Waals surface area (Å²) in [6.45, 7) is 2.27. The molecule has 0 radical (unpaired) electrons. The van der Waals surface area contributed by atoms with Crippen molar-refractivity contribution in [2.24, 2.45) is 0 Å². The van der Waals surface area contributed by atoms with Crippen molar-refractivity contribution in [2.45, 2.75) is 19.5 Å². The fraction of sp³-hybridized carbons (Fsp3) is 0.308. The lowest BCUT2D eigenvalue weighted by molar-refractivity contribution is -0.121. The molecule has 1 amide bonds.